The third-order valence-electron chi connectivity index (χ3n) is 4.79. The zero-order valence-electron chi connectivity index (χ0n) is 18.9. The van der Waals surface area contributed by atoms with Gasteiger partial charge in [-0.3, -0.25) is 4.72 Å². The number of hydrogen-bond acceptors (Lipinski definition) is 7. The SMILES string of the molecule is CNCC(O)COc1cccc(-c2cc(NS(=O)(=O)N(C)C)c3cnn(C(C)C)c3n2)c1. The highest BCUT2D eigenvalue weighted by Gasteiger charge is 2.19. The van der Waals surface area contributed by atoms with Gasteiger partial charge in [-0.05, 0) is 39.1 Å². The van der Waals surface area contributed by atoms with Crippen molar-refractivity contribution in [3.05, 3.63) is 36.5 Å². The van der Waals surface area contributed by atoms with Crippen molar-refractivity contribution in [3.63, 3.8) is 0 Å². The van der Waals surface area contributed by atoms with E-state index in [2.05, 4.69) is 15.1 Å². The summed E-state index contributed by atoms with van der Waals surface area (Å²) in [5, 5.41) is 17.8. The third kappa shape index (κ3) is 5.36. The van der Waals surface area contributed by atoms with Crippen LogP contribution in [0.25, 0.3) is 22.3 Å². The van der Waals surface area contributed by atoms with Crippen LogP contribution in [0.1, 0.15) is 19.9 Å². The van der Waals surface area contributed by atoms with Crippen molar-refractivity contribution in [3.8, 4) is 17.0 Å². The topological polar surface area (TPSA) is 122 Å². The number of aromatic nitrogens is 3. The molecule has 3 N–H and O–H groups in total. The maximum absolute atomic E-state index is 12.5. The van der Waals surface area contributed by atoms with E-state index >= 15 is 0 Å². The number of nitrogens with one attached hydrogen (secondary N) is 2. The molecule has 32 heavy (non-hydrogen) atoms. The zero-order chi connectivity index (χ0) is 23.5. The maximum Gasteiger partial charge on any atom is 0.301 e. The predicted octanol–water partition coefficient (Wildman–Crippen LogP) is 1.86. The molecule has 0 aliphatic heterocycles. The fourth-order valence-corrected chi connectivity index (χ4v) is 3.72. The Kier molecular flexibility index (Phi) is 7.34. The molecule has 10 nitrogen and oxygen atoms in total. The Morgan fingerprint density at radius 2 is 2.00 bits per heavy atom. The van der Waals surface area contributed by atoms with E-state index in [4.69, 9.17) is 9.72 Å². The van der Waals surface area contributed by atoms with Crippen molar-refractivity contribution >= 4 is 26.9 Å². The summed E-state index contributed by atoms with van der Waals surface area (Å²) >= 11 is 0. The van der Waals surface area contributed by atoms with Gasteiger partial charge in [0.15, 0.2) is 5.65 Å². The van der Waals surface area contributed by atoms with Gasteiger partial charge in [0.25, 0.3) is 0 Å². The molecule has 0 aliphatic carbocycles. The Morgan fingerprint density at radius 1 is 1.25 bits per heavy atom. The number of rotatable bonds is 10. The fraction of sp³-hybridized carbons (Fsp3) is 0.429. The maximum atomic E-state index is 12.5. The van der Waals surface area contributed by atoms with Crippen LogP contribution in [-0.2, 0) is 10.2 Å². The molecule has 174 valence electrons. The summed E-state index contributed by atoms with van der Waals surface area (Å²) in [5.41, 5.74) is 2.28. The van der Waals surface area contributed by atoms with Crippen LogP contribution in [0.15, 0.2) is 36.5 Å². The smallest absolute Gasteiger partial charge is 0.301 e. The number of pyridine rings is 1. The van der Waals surface area contributed by atoms with Gasteiger partial charge in [-0.25, -0.2) is 9.67 Å². The molecule has 1 unspecified atom stereocenters. The molecule has 0 spiro atoms. The molecule has 0 amide bonds. The van der Waals surface area contributed by atoms with E-state index in [9.17, 15) is 13.5 Å². The lowest BCUT2D eigenvalue weighted by atomic mass is 10.1. The number of benzene rings is 1. The normalized spacial score (nSPS) is 13.1. The highest BCUT2D eigenvalue weighted by molar-refractivity contribution is 7.90. The predicted molar refractivity (Wildman–Crippen MR) is 125 cm³/mol. The van der Waals surface area contributed by atoms with Crippen molar-refractivity contribution in [2.24, 2.45) is 0 Å². The van der Waals surface area contributed by atoms with E-state index in [1.54, 1.807) is 36.1 Å². The molecule has 0 saturated heterocycles. The number of ether oxygens (including phenoxy) is 1. The summed E-state index contributed by atoms with van der Waals surface area (Å²) in [7, 11) is 0.957. The van der Waals surface area contributed by atoms with E-state index in [1.807, 2.05) is 26.0 Å². The lowest BCUT2D eigenvalue weighted by molar-refractivity contribution is 0.108. The molecule has 0 aliphatic rings. The lowest BCUT2D eigenvalue weighted by Gasteiger charge is -2.16. The van der Waals surface area contributed by atoms with Crippen molar-refractivity contribution < 1.29 is 18.3 Å². The number of anilines is 1. The quantitative estimate of drug-likeness (QED) is 0.420. The molecule has 0 bridgehead atoms. The Labute approximate surface area is 188 Å². The molecular formula is C21H30N6O4S. The Bertz CT molecular complexity index is 1180. The Morgan fingerprint density at radius 3 is 2.66 bits per heavy atom. The van der Waals surface area contributed by atoms with Gasteiger partial charge in [0.1, 0.15) is 18.5 Å². The average molecular weight is 463 g/mol. The second-order valence-corrected chi connectivity index (χ2v) is 9.80. The van der Waals surface area contributed by atoms with Gasteiger partial charge in [0.05, 0.1) is 23.0 Å². The van der Waals surface area contributed by atoms with Gasteiger partial charge < -0.3 is 15.2 Å². The average Bonchev–Trinajstić information content (AvgIpc) is 3.17. The number of aliphatic hydroxyl groups excluding tert-OH is 1. The molecule has 2 aromatic heterocycles. The molecule has 1 atom stereocenters. The first-order valence-electron chi connectivity index (χ1n) is 10.3. The molecule has 3 rings (SSSR count). The number of nitrogens with zero attached hydrogens (tertiary/aromatic N) is 4. The molecule has 2 heterocycles. The van der Waals surface area contributed by atoms with E-state index in [0.717, 1.165) is 9.87 Å². The molecule has 1 aromatic carbocycles. The summed E-state index contributed by atoms with van der Waals surface area (Å²) < 4.78 is 36.2. The minimum atomic E-state index is -3.72. The van der Waals surface area contributed by atoms with Crippen LogP contribution in [-0.4, -0.2) is 73.0 Å². The van der Waals surface area contributed by atoms with Crippen LogP contribution >= 0.6 is 0 Å². The molecule has 11 heteroatoms. The number of fused-ring (bicyclic) bond motifs is 1. The van der Waals surface area contributed by atoms with E-state index in [-0.39, 0.29) is 12.6 Å². The molecule has 3 aromatic rings. The fourth-order valence-electron chi connectivity index (χ4n) is 3.09. The highest BCUT2D eigenvalue weighted by Crippen LogP contribution is 2.31. The van der Waals surface area contributed by atoms with Crippen LogP contribution in [0.5, 0.6) is 5.75 Å². The number of hydrogen-bond donors (Lipinski definition) is 3. The second-order valence-electron chi connectivity index (χ2n) is 7.92. The van der Waals surface area contributed by atoms with Crippen LogP contribution in [0.3, 0.4) is 0 Å². The first-order valence-corrected chi connectivity index (χ1v) is 11.7. The van der Waals surface area contributed by atoms with Crippen molar-refractivity contribution in [1.82, 2.24) is 24.4 Å². The largest absolute Gasteiger partial charge is 0.491 e. The summed E-state index contributed by atoms with van der Waals surface area (Å²) in [6.07, 6.45) is 0.980. The van der Waals surface area contributed by atoms with Gasteiger partial charge in [-0.1, -0.05) is 12.1 Å². The van der Waals surface area contributed by atoms with E-state index in [0.29, 0.717) is 34.7 Å². The third-order valence-corrected chi connectivity index (χ3v) is 6.23. The van der Waals surface area contributed by atoms with Crippen LogP contribution < -0.4 is 14.8 Å². The molecule has 0 saturated carbocycles. The van der Waals surface area contributed by atoms with E-state index in [1.165, 1.54) is 14.1 Å². The number of aliphatic hydroxyl groups is 1. The first-order chi connectivity index (χ1) is 15.1. The van der Waals surface area contributed by atoms with Gasteiger partial charge in [-0.2, -0.15) is 17.8 Å². The lowest BCUT2D eigenvalue weighted by Crippen LogP contribution is -2.29. The summed E-state index contributed by atoms with van der Waals surface area (Å²) in [6, 6.07) is 9.01. The van der Waals surface area contributed by atoms with Crippen molar-refractivity contribution in [2.45, 2.75) is 26.0 Å². The monoisotopic (exact) mass is 462 g/mol. The highest BCUT2D eigenvalue weighted by atomic mass is 32.2. The summed E-state index contributed by atoms with van der Waals surface area (Å²) in [6.45, 7) is 4.53. The van der Waals surface area contributed by atoms with Gasteiger partial charge in [0.2, 0.25) is 0 Å². The number of likely N-dealkylation sites (N-methyl/N-ethyl adjacent to an activating group) is 1. The molecular weight excluding hydrogens is 432 g/mol. The minimum Gasteiger partial charge on any atom is -0.491 e. The van der Waals surface area contributed by atoms with Gasteiger partial charge >= 0.3 is 10.2 Å². The first kappa shape index (κ1) is 23.9. The van der Waals surface area contributed by atoms with Crippen LogP contribution in [0.4, 0.5) is 5.69 Å². The summed E-state index contributed by atoms with van der Waals surface area (Å²) in [4.78, 5) is 4.77. The van der Waals surface area contributed by atoms with Gasteiger partial charge in [0, 0.05) is 32.2 Å². The molecule has 0 radical (unpaired) electrons. The Balaban J connectivity index is 2.05. The van der Waals surface area contributed by atoms with E-state index < -0.39 is 16.3 Å². The second kappa shape index (κ2) is 9.82. The van der Waals surface area contributed by atoms with Gasteiger partial charge in [-0.15, -0.1) is 0 Å². The van der Waals surface area contributed by atoms with Crippen LogP contribution in [0, 0.1) is 0 Å². The summed E-state index contributed by atoms with van der Waals surface area (Å²) in [5.74, 6) is 0.576. The van der Waals surface area contributed by atoms with Crippen molar-refractivity contribution in [1.29, 1.82) is 0 Å². The standard InChI is InChI=1S/C21H30N6O4S/c1-14(2)27-21-18(12-23-27)20(25-32(29,30)26(4)5)10-19(24-21)15-7-6-8-17(9-15)31-13-16(28)11-22-3/h6-10,12,14,16,22,28H,11,13H2,1-5H3,(H,24,25). The minimum absolute atomic E-state index is 0.0388. The molecule has 0 fully saturated rings. The van der Waals surface area contributed by atoms with Crippen LogP contribution in [0.2, 0.25) is 0 Å². The Hall–Kier alpha value is -2.73. The van der Waals surface area contributed by atoms with Crippen molar-refractivity contribution in [2.75, 3.05) is 39.0 Å². The zero-order valence-corrected chi connectivity index (χ0v) is 19.7.